The van der Waals surface area contributed by atoms with Gasteiger partial charge in [0.05, 0.1) is 19.8 Å². The Kier molecular flexibility index (Phi) is 5.30. The molecule has 0 aliphatic heterocycles. The number of hydrogen-bond acceptors (Lipinski definition) is 3. The average Bonchev–Trinajstić information content (AvgIpc) is 2.28. The van der Waals surface area contributed by atoms with Crippen molar-refractivity contribution in [2.75, 3.05) is 13.2 Å². The summed E-state index contributed by atoms with van der Waals surface area (Å²) in [6.45, 7) is 5.57. The van der Waals surface area contributed by atoms with Gasteiger partial charge < -0.3 is 9.47 Å². The van der Waals surface area contributed by atoms with E-state index in [0.717, 1.165) is 5.56 Å². The maximum absolute atomic E-state index is 5.23. The molecule has 1 aromatic rings. The molecule has 0 saturated carbocycles. The molecule has 0 amide bonds. The van der Waals surface area contributed by atoms with E-state index in [2.05, 4.69) is 4.99 Å². The van der Waals surface area contributed by atoms with E-state index in [0.29, 0.717) is 25.8 Å². The minimum Gasteiger partial charge on any atom is -0.451 e. The molecule has 0 bridgehead atoms. The second-order valence-corrected chi connectivity index (χ2v) is 2.93. The number of benzene rings is 1. The fraction of sp³-hybridized carbons (Fsp3) is 0.417. The summed E-state index contributed by atoms with van der Waals surface area (Å²) in [5, 5.41) is 0. The van der Waals surface area contributed by atoms with Crippen molar-refractivity contribution in [3.8, 4) is 0 Å². The van der Waals surface area contributed by atoms with Crippen LogP contribution < -0.4 is 0 Å². The van der Waals surface area contributed by atoms with E-state index >= 15 is 0 Å². The molecule has 0 unspecified atom stereocenters. The molecular weight excluding hydrogens is 190 g/mol. The minimum absolute atomic E-state index is 0.379. The summed E-state index contributed by atoms with van der Waals surface area (Å²) in [4.78, 5) is 4.25. The zero-order valence-corrected chi connectivity index (χ0v) is 9.27. The summed E-state index contributed by atoms with van der Waals surface area (Å²) in [5.41, 5.74) is 1.15. The Balaban J connectivity index is 2.53. The molecule has 0 aliphatic rings. The lowest BCUT2D eigenvalue weighted by Gasteiger charge is -2.06. The number of hydrogen-bond donors (Lipinski definition) is 0. The first-order valence-corrected chi connectivity index (χ1v) is 5.20. The van der Waals surface area contributed by atoms with Gasteiger partial charge in [-0.2, -0.15) is 0 Å². The van der Waals surface area contributed by atoms with E-state index < -0.39 is 0 Å². The molecule has 0 spiro atoms. The maximum atomic E-state index is 5.23. The molecule has 1 aromatic carbocycles. The Bertz CT molecular complexity index is 288. The first-order valence-electron chi connectivity index (χ1n) is 5.20. The molecule has 3 heteroatoms. The first-order chi connectivity index (χ1) is 7.36. The largest absolute Gasteiger partial charge is 0.451 e. The van der Waals surface area contributed by atoms with Crippen molar-refractivity contribution in [1.29, 1.82) is 0 Å². The smallest absolute Gasteiger partial charge is 0.383 e. The van der Waals surface area contributed by atoms with Gasteiger partial charge in [-0.3, -0.25) is 0 Å². The molecule has 15 heavy (non-hydrogen) atoms. The van der Waals surface area contributed by atoms with E-state index in [1.165, 1.54) is 0 Å². The summed E-state index contributed by atoms with van der Waals surface area (Å²) in [6.07, 6.45) is 0.379. The summed E-state index contributed by atoms with van der Waals surface area (Å²) in [5.74, 6) is 0. The van der Waals surface area contributed by atoms with Crippen molar-refractivity contribution in [2.24, 2.45) is 4.99 Å². The molecule has 0 N–H and O–H groups in total. The summed E-state index contributed by atoms with van der Waals surface area (Å²) in [6, 6.07) is 10.0. The quantitative estimate of drug-likeness (QED) is 0.561. The van der Waals surface area contributed by atoms with Gasteiger partial charge in [0.15, 0.2) is 0 Å². The maximum Gasteiger partial charge on any atom is 0.383 e. The summed E-state index contributed by atoms with van der Waals surface area (Å²) >= 11 is 0. The van der Waals surface area contributed by atoms with Crippen molar-refractivity contribution < 1.29 is 9.47 Å². The van der Waals surface area contributed by atoms with Crippen molar-refractivity contribution in [2.45, 2.75) is 20.4 Å². The van der Waals surface area contributed by atoms with Crippen LogP contribution in [-0.2, 0) is 16.0 Å². The monoisotopic (exact) mass is 207 g/mol. The van der Waals surface area contributed by atoms with Crippen molar-refractivity contribution >= 4 is 6.08 Å². The molecule has 0 saturated heterocycles. The standard InChI is InChI=1S/C12H17NO2/c1-3-14-12(15-4-2)13-10-11-8-6-5-7-9-11/h5-9H,3-4,10H2,1-2H3. The molecule has 82 valence electrons. The van der Waals surface area contributed by atoms with Gasteiger partial charge in [-0.1, -0.05) is 30.3 Å². The molecule has 0 radical (unpaired) electrons. The normalized spacial score (nSPS) is 9.47. The average molecular weight is 207 g/mol. The van der Waals surface area contributed by atoms with Crippen LogP contribution in [0.4, 0.5) is 0 Å². The van der Waals surface area contributed by atoms with Crippen molar-refractivity contribution in [3.05, 3.63) is 35.9 Å². The predicted molar refractivity (Wildman–Crippen MR) is 60.8 cm³/mol. The molecule has 0 aliphatic carbocycles. The highest BCUT2D eigenvalue weighted by atomic mass is 16.7. The third-order valence-electron chi connectivity index (χ3n) is 1.77. The van der Waals surface area contributed by atoms with Gasteiger partial charge in [-0.15, -0.1) is 0 Å². The van der Waals surface area contributed by atoms with Crippen LogP contribution in [0.2, 0.25) is 0 Å². The lowest BCUT2D eigenvalue weighted by molar-refractivity contribution is 0.179. The summed E-state index contributed by atoms with van der Waals surface area (Å²) in [7, 11) is 0. The lowest BCUT2D eigenvalue weighted by atomic mass is 10.2. The van der Waals surface area contributed by atoms with Crippen LogP contribution in [0, 0.1) is 0 Å². The van der Waals surface area contributed by atoms with Crippen LogP contribution in [0.5, 0.6) is 0 Å². The van der Waals surface area contributed by atoms with Gasteiger partial charge in [-0.05, 0) is 19.4 Å². The minimum atomic E-state index is 0.379. The Morgan fingerprint density at radius 2 is 1.67 bits per heavy atom. The van der Waals surface area contributed by atoms with Crippen molar-refractivity contribution in [1.82, 2.24) is 0 Å². The van der Waals surface area contributed by atoms with Crippen LogP contribution >= 0.6 is 0 Å². The lowest BCUT2D eigenvalue weighted by Crippen LogP contribution is -2.10. The molecule has 0 fully saturated rings. The van der Waals surface area contributed by atoms with E-state index in [1.54, 1.807) is 0 Å². The molecule has 0 atom stereocenters. The van der Waals surface area contributed by atoms with Crippen LogP contribution in [0.1, 0.15) is 19.4 Å². The second kappa shape index (κ2) is 6.87. The van der Waals surface area contributed by atoms with Gasteiger partial charge in [0.25, 0.3) is 0 Å². The molecule has 0 heterocycles. The van der Waals surface area contributed by atoms with E-state index in [1.807, 2.05) is 44.2 Å². The Hall–Kier alpha value is -1.51. The SMILES string of the molecule is CCOC(=NCc1ccccc1)OCC. The Labute approximate surface area is 90.7 Å². The van der Waals surface area contributed by atoms with Gasteiger partial charge in [0.1, 0.15) is 0 Å². The van der Waals surface area contributed by atoms with E-state index in [9.17, 15) is 0 Å². The van der Waals surface area contributed by atoms with Gasteiger partial charge in [-0.25, -0.2) is 4.99 Å². The van der Waals surface area contributed by atoms with Crippen LogP contribution in [0.3, 0.4) is 0 Å². The number of ether oxygens (including phenoxy) is 2. The zero-order chi connectivity index (χ0) is 10.9. The fourth-order valence-corrected chi connectivity index (χ4v) is 1.12. The first kappa shape index (κ1) is 11.6. The third kappa shape index (κ3) is 4.49. The fourth-order valence-electron chi connectivity index (χ4n) is 1.12. The van der Waals surface area contributed by atoms with Crippen LogP contribution in [-0.4, -0.2) is 19.3 Å². The van der Waals surface area contributed by atoms with Gasteiger partial charge >= 0.3 is 6.08 Å². The Morgan fingerprint density at radius 1 is 1.07 bits per heavy atom. The predicted octanol–water partition coefficient (Wildman–Crippen LogP) is 2.62. The number of nitrogens with zero attached hydrogens (tertiary/aromatic N) is 1. The van der Waals surface area contributed by atoms with Crippen LogP contribution in [0.25, 0.3) is 0 Å². The van der Waals surface area contributed by atoms with E-state index in [4.69, 9.17) is 9.47 Å². The third-order valence-corrected chi connectivity index (χ3v) is 1.77. The zero-order valence-electron chi connectivity index (χ0n) is 9.27. The summed E-state index contributed by atoms with van der Waals surface area (Å²) < 4.78 is 10.5. The second-order valence-electron chi connectivity index (χ2n) is 2.93. The highest BCUT2D eigenvalue weighted by Gasteiger charge is 1.98. The van der Waals surface area contributed by atoms with Gasteiger partial charge in [0, 0.05) is 0 Å². The van der Waals surface area contributed by atoms with E-state index in [-0.39, 0.29) is 0 Å². The molecular formula is C12H17NO2. The van der Waals surface area contributed by atoms with Crippen LogP contribution in [0.15, 0.2) is 35.3 Å². The van der Waals surface area contributed by atoms with Gasteiger partial charge in [0.2, 0.25) is 0 Å². The number of rotatable bonds is 4. The topological polar surface area (TPSA) is 30.8 Å². The molecule has 3 nitrogen and oxygen atoms in total. The number of aliphatic imine (C=N–C) groups is 1. The van der Waals surface area contributed by atoms with Crippen molar-refractivity contribution in [3.63, 3.8) is 0 Å². The highest BCUT2D eigenvalue weighted by Crippen LogP contribution is 2.01. The highest BCUT2D eigenvalue weighted by molar-refractivity contribution is 5.66. The molecule has 0 aromatic heterocycles. The molecule has 1 rings (SSSR count). The Morgan fingerprint density at radius 3 is 2.20 bits per heavy atom.